The van der Waals surface area contributed by atoms with Crippen molar-refractivity contribution in [3.63, 3.8) is 0 Å². The van der Waals surface area contributed by atoms with Gasteiger partial charge >= 0.3 is 0 Å². The molecule has 7 rings (SSSR count). The largest absolute Gasteiger partial charge is 0.477 e. The number of benzene rings is 2. The van der Waals surface area contributed by atoms with Crippen LogP contribution in [-0.4, -0.2) is 84.8 Å². The molecule has 2 aliphatic heterocycles. The van der Waals surface area contributed by atoms with E-state index in [1.54, 1.807) is 23.0 Å². The normalized spacial score (nSPS) is 17.3. The molecule has 5 heterocycles. The molecule has 0 aliphatic carbocycles. The van der Waals surface area contributed by atoms with E-state index >= 15 is 0 Å². The maximum atomic E-state index is 14.2. The summed E-state index contributed by atoms with van der Waals surface area (Å²) in [6, 6.07) is 12.8. The van der Waals surface area contributed by atoms with Gasteiger partial charge in [-0.3, -0.25) is 19.9 Å². The van der Waals surface area contributed by atoms with Crippen LogP contribution in [0, 0.1) is 24.5 Å². The molecule has 1 N–H and O–H groups in total. The standard InChI is InChI=1S/C41H48F2N8O3/c1-25(2)50(15-14-49-12-10-28(11-13-49)30-18-32(42)22-33(43)19-30)39(53)29-8-9-35-37(21-29)51-24-26(3)7-6-16-54-40-34(23-44-48(40)5)36-20-31(17-27(4)45-36)38(52)47-41(51)46-35/h8-9,17-23,25-26,28H,6-7,10-16,24H2,1-5H3,(H,46,47,52)/t26-/m1/s1. The van der Waals surface area contributed by atoms with Gasteiger partial charge in [0.05, 0.1) is 35.1 Å². The van der Waals surface area contributed by atoms with Crippen molar-refractivity contribution in [2.24, 2.45) is 13.0 Å². The molecule has 11 nitrogen and oxygen atoms in total. The summed E-state index contributed by atoms with van der Waals surface area (Å²) in [6.45, 7) is 11.9. The molecule has 13 heteroatoms. The zero-order valence-electron chi connectivity index (χ0n) is 31.6. The van der Waals surface area contributed by atoms with Crippen molar-refractivity contribution in [3.05, 3.63) is 88.7 Å². The number of hydrogen-bond acceptors (Lipinski definition) is 7. The van der Waals surface area contributed by atoms with Crippen molar-refractivity contribution in [2.75, 3.05) is 38.1 Å². The summed E-state index contributed by atoms with van der Waals surface area (Å²) in [5, 5.41) is 7.46. The number of rotatable bonds is 6. The molecule has 0 unspecified atom stereocenters. The number of aromatic nitrogens is 5. The topological polar surface area (TPSA) is 110 Å². The van der Waals surface area contributed by atoms with E-state index in [1.807, 2.05) is 55.5 Å². The zero-order valence-corrected chi connectivity index (χ0v) is 31.6. The molecule has 2 bridgehead atoms. The van der Waals surface area contributed by atoms with E-state index in [4.69, 9.17) is 9.72 Å². The highest BCUT2D eigenvalue weighted by Gasteiger charge is 2.26. The Hall–Kier alpha value is -5.17. The summed E-state index contributed by atoms with van der Waals surface area (Å²) in [7, 11) is 1.83. The van der Waals surface area contributed by atoms with Crippen molar-refractivity contribution < 1.29 is 23.1 Å². The number of aryl methyl sites for hydroxylation is 2. The highest BCUT2D eigenvalue weighted by atomic mass is 19.1. The van der Waals surface area contributed by atoms with Crippen LogP contribution in [0.3, 0.4) is 0 Å². The number of piperidine rings is 1. The Morgan fingerprint density at radius 3 is 2.54 bits per heavy atom. The number of hydrogen-bond donors (Lipinski definition) is 1. The fraction of sp³-hybridized carbons (Fsp3) is 0.439. The van der Waals surface area contributed by atoms with E-state index < -0.39 is 11.6 Å². The van der Waals surface area contributed by atoms with Crippen LogP contribution >= 0.6 is 0 Å². The number of imidazole rings is 1. The van der Waals surface area contributed by atoms with Gasteiger partial charge in [-0.15, -0.1) is 0 Å². The molecule has 0 spiro atoms. The minimum absolute atomic E-state index is 0.0405. The second-order valence-electron chi connectivity index (χ2n) is 15.1. The monoisotopic (exact) mass is 738 g/mol. The number of ether oxygens (including phenoxy) is 1. The Morgan fingerprint density at radius 2 is 1.80 bits per heavy atom. The van der Waals surface area contributed by atoms with Crippen molar-refractivity contribution in [1.82, 2.24) is 34.1 Å². The van der Waals surface area contributed by atoms with Crippen molar-refractivity contribution >= 4 is 28.8 Å². The Kier molecular flexibility index (Phi) is 10.8. The maximum absolute atomic E-state index is 14.2. The number of nitrogens with one attached hydrogen (secondary N) is 1. The third-order valence-corrected chi connectivity index (χ3v) is 10.7. The molecular formula is C41H48F2N8O3. The van der Waals surface area contributed by atoms with Crippen molar-refractivity contribution in [3.8, 4) is 17.1 Å². The number of halogens is 2. The summed E-state index contributed by atoms with van der Waals surface area (Å²) in [5.41, 5.74) is 5.16. The first kappa shape index (κ1) is 37.2. The minimum atomic E-state index is -0.542. The second-order valence-corrected chi connectivity index (χ2v) is 15.1. The van der Waals surface area contributed by atoms with Gasteiger partial charge in [-0.1, -0.05) is 6.92 Å². The summed E-state index contributed by atoms with van der Waals surface area (Å²) in [6.07, 6.45) is 4.98. The van der Waals surface area contributed by atoms with Gasteiger partial charge in [0.2, 0.25) is 11.8 Å². The first-order valence-corrected chi connectivity index (χ1v) is 18.9. The highest BCUT2D eigenvalue weighted by molar-refractivity contribution is 6.05. The smallest absolute Gasteiger partial charge is 0.258 e. The van der Waals surface area contributed by atoms with Crippen LogP contribution in [0.5, 0.6) is 5.88 Å². The van der Waals surface area contributed by atoms with Gasteiger partial charge < -0.3 is 19.1 Å². The number of pyridine rings is 1. The van der Waals surface area contributed by atoms with Gasteiger partial charge in [-0.05, 0) is 119 Å². The molecular weight excluding hydrogens is 690 g/mol. The molecule has 54 heavy (non-hydrogen) atoms. The molecule has 284 valence electrons. The molecule has 5 aromatic rings. The van der Waals surface area contributed by atoms with E-state index in [-0.39, 0.29) is 29.7 Å². The number of likely N-dealkylation sites (tertiary alicyclic amines) is 1. The summed E-state index contributed by atoms with van der Waals surface area (Å²) in [5.74, 6) is -0.136. The fourth-order valence-electron chi connectivity index (χ4n) is 7.73. The Balaban J connectivity index is 1.11. The first-order valence-electron chi connectivity index (χ1n) is 18.9. The molecule has 2 amide bonds. The number of fused-ring (bicyclic) bond motifs is 7. The first-order chi connectivity index (χ1) is 25.9. The van der Waals surface area contributed by atoms with Crippen molar-refractivity contribution in [1.29, 1.82) is 0 Å². The predicted molar refractivity (Wildman–Crippen MR) is 204 cm³/mol. The molecule has 3 aromatic heterocycles. The number of carbonyl (C=O) groups excluding carboxylic acids is 2. The van der Waals surface area contributed by atoms with E-state index in [0.717, 1.165) is 55.9 Å². The van der Waals surface area contributed by atoms with Gasteiger partial charge in [0.25, 0.3) is 11.8 Å². The molecule has 1 atom stereocenters. The summed E-state index contributed by atoms with van der Waals surface area (Å²) in [4.78, 5) is 41.7. The van der Waals surface area contributed by atoms with Crippen LogP contribution in [0.1, 0.15) is 84.3 Å². The van der Waals surface area contributed by atoms with Crippen LogP contribution in [0.25, 0.3) is 22.3 Å². The fourth-order valence-corrected chi connectivity index (χ4v) is 7.73. The SMILES string of the molecule is Cc1cc2cc(n1)-c1cnn(C)c1OCCC[C@@H](C)Cn1c(nc3ccc(C(=O)N(CCN4CCC(c5cc(F)cc(F)c5)CC4)C(C)C)cc31)NC2=O. The van der Waals surface area contributed by atoms with E-state index in [1.165, 1.54) is 12.1 Å². The molecule has 2 aromatic carbocycles. The quantitative estimate of drug-likeness (QED) is 0.196. The van der Waals surface area contributed by atoms with Crippen molar-refractivity contribution in [2.45, 2.75) is 71.9 Å². The number of carbonyl (C=O) groups is 2. The molecule has 1 fully saturated rings. The number of anilines is 1. The molecule has 0 saturated carbocycles. The van der Waals surface area contributed by atoms with Crippen LogP contribution in [0.2, 0.25) is 0 Å². The van der Waals surface area contributed by atoms with Gasteiger partial charge in [0.1, 0.15) is 11.6 Å². The third kappa shape index (κ3) is 8.01. The van der Waals surface area contributed by atoms with Crippen LogP contribution in [-0.2, 0) is 13.6 Å². The Bertz CT molecular complexity index is 2150. The Morgan fingerprint density at radius 1 is 1.04 bits per heavy atom. The number of nitrogens with zero attached hydrogens (tertiary/aromatic N) is 7. The lowest BCUT2D eigenvalue weighted by atomic mass is 9.89. The summed E-state index contributed by atoms with van der Waals surface area (Å²) >= 11 is 0. The maximum Gasteiger partial charge on any atom is 0.258 e. The minimum Gasteiger partial charge on any atom is -0.477 e. The number of amides is 2. The van der Waals surface area contributed by atoms with E-state index in [2.05, 4.69) is 27.2 Å². The zero-order chi connectivity index (χ0) is 38.1. The molecule has 2 aliphatic rings. The van der Waals surface area contributed by atoms with Gasteiger partial charge in [0.15, 0.2) is 0 Å². The van der Waals surface area contributed by atoms with Gasteiger partial charge in [-0.2, -0.15) is 5.10 Å². The lowest BCUT2D eigenvalue weighted by Crippen LogP contribution is -2.44. The average Bonchev–Trinajstić information content (AvgIpc) is 3.67. The molecule has 1 saturated heterocycles. The highest BCUT2D eigenvalue weighted by Crippen LogP contribution is 2.32. The predicted octanol–water partition coefficient (Wildman–Crippen LogP) is 7.21. The lowest BCUT2D eigenvalue weighted by Gasteiger charge is -2.35. The average molecular weight is 739 g/mol. The third-order valence-electron chi connectivity index (χ3n) is 10.7. The van der Waals surface area contributed by atoms with Gasteiger partial charge in [-0.25, -0.2) is 18.4 Å². The summed E-state index contributed by atoms with van der Waals surface area (Å²) < 4.78 is 37.6. The van der Waals surface area contributed by atoms with Crippen LogP contribution in [0.15, 0.2) is 54.7 Å². The lowest BCUT2D eigenvalue weighted by molar-refractivity contribution is 0.0671. The van der Waals surface area contributed by atoms with Gasteiger partial charge in [0, 0.05) is 55.6 Å². The Labute approximate surface area is 314 Å². The van der Waals surface area contributed by atoms with Crippen LogP contribution < -0.4 is 10.1 Å². The second kappa shape index (κ2) is 15.7. The van der Waals surface area contributed by atoms with E-state index in [9.17, 15) is 18.4 Å². The molecule has 0 radical (unpaired) electrons. The van der Waals surface area contributed by atoms with E-state index in [0.29, 0.717) is 71.7 Å². The van der Waals surface area contributed by atoms with Crippen LogP contribution in [0.4, 0.5) is 14.7 Å².